The molecule has 3 atom stereocenters. The van der Waals surface area contributed by atoms with Gasteiger partial charge in [-0.3, -0.25) is 19.2 Å². The summed E-state index contributed by atoms with van der Waals surface area (Å²) in [6, 6.07) is 2.18. The number of nitrogens with two attached hydrogens (primary N) is 1. The number of hydrogen-bond acceptors (Lipinski definition) is 12. The third kappa shape index (κ3) is 2.66. The minimum absolute atomic E-state index is 0.0283. The van der Waals surface area contributed by atoms with Crippen LogP contribution in [0.5, 0.6) is 11.5 Å². The number of aromatic hydroxyl groups is 2. The predicted octanol–water partition coefficient (Wildman–Crippen LogP) is -0.0166. The molecular formula is C26H21NO11. The van der Waals surface area contributed by atoms with Crippen LogP contribution in [-0.4, -0.2) is 75.5 Å². The summed E-state index contributed by atoms with van der Waals surface area (Å²) in [4.78, 5) is 65.9. The molecule has 0 saturated carbocycles. The maximum atomic E-state index is 14.1. The summed E-state index contributed by atoms with van der Waals surface area (Å²) in [5, 5.41) is 45.5. The highest BCUT2D eigenvalue weighted by molar-refractivity contribution is 6.30. The number of aliphatic hydroxyl groups is 2. The van der Waals surface area contributed by atoms with E-state index in [1.54, 1.807) is 0 Å². The lowest BCUT2D eigenvalue weighted by molar-refractivity contribution is -0.181. The van der Waals surface area contributed by atoms with Crippen LogP contribution in [0, 0.1) is 6.92 Å². The van der Waals surface area contributed by atoms with E-state index in [0.29, 0.717) is 0 Å². The normalized spacial score (nSPS) is 25.7. The number of benzene rings is 2. The SMILES string of the molecule is COC(=O)c1c(C)cc2c(c1O)[C@]1(O)C(=O)c3cc4c(c(O)c3C(=O)[C@]1(OC)[C@H](O)C2)C(=O)C=C(N)C4=O. The number of aliphatic hydroxyl groups excluding tert-OH is 1. The van der Waals surface area contributed by atoms with Crippen LogP contribution in [0.25, 0.3) is 0 Å². The monoisotopic (exact) mass is 523 g/mol. The number of ether oxygens (including phenoxy) is 2. The number of methoxy groups -OCH3 is 2. The van der Waals surface area contributed by atoms with Crippen molar-refractivity contribution in [1.29, 1.82) is 0 Å². The average molecular weight is 523 g/mol. The topological polar surface area (TPSA) is 211 Å². The molecule has 0 radical (unpaired) electrons. The highest BCUT2D eigenvalue weighted by atomic mass is 16.5. The molecule has 6 N–H and O–H groups in total. The Kier molecular flexibility index (Phi) is 5.19. The van der Waals surface area contributed by atoms with Crippen molar-refractivity contribution in [1.82, 2.24) is 0 Å². The average Bonchev–Trinajstić information content (AvgIpc) is 2.85. The van der Waals surface area contributed by atoms with Crippen molar-refractivity contribution in [3.8, 4) is 11.5 Å². The summed E-state index contributed by atoms with van der Waals surface area (Å²) >= 11 is 0. The molecule has 0 fully saturated rings. The number of carbonyl (C=O) groups is 5. The molecule has 3 aliphatic rings. The van der Waals surface area contributed by atoms with E-state index in [4.69, 9.17) is 15.2 Å². The number of allylic oxidation sites excluding steroid dienone is 2. The third-order valence-corrected chi connectivity index (χ3v) is 7.55. The minimum atomic E-state index is -3.15. The standard InChI is InChI=1S/C26H21NO11/c1-8-4-9-5-14(29)26(38-3)23(34)17-11(6-10-16(20(17)31)13(28)7-12(27)19(10)30)22(33)25(26,36)18(9)21(32)15(8)24(35)37-2/h4,6-7,14,29,31-32,36H,5,27H2,1-3H3/t14-,25+,26-/m1/s1. The first-order chi connectivity index (χ1) is 17.8. The van der Waals surface area contributed by atoms with Crippen molar-refractivity contribution in [3.63, 3.8) is 0 Å². The van der Waals surface area contributed by atoms with Gasteiger partial charge in [0.05, 0.1) is 30.0 Å². The molecule has 12 heteroatoms. The number of fused-ring (bicyclic) bond motifs is 5. The van der Waals surface area contributed by atoms with E-state index in [2.05, 4.69) is 0 Å². The van der Waals surface area contributed by atoms with Gasteiger partial charge in [0, 0.05) is 36.3 Å². The maximum Gasteiger partial charge on any atom is 0.341 e. The number of Topliss-reactive ketones (excluding diaryl/α,β-unsaturated/α-hetero) is 3. The van der Waals surface area contributed by atoms with Gasteiger partial charge < -0.3 is 35.6 Å². The molecule has 0 aliphatic heterocycles. The first-order valence-corrected chi connectivity index (χ1v) is 11.2. The molecule has 0 bridgehead atoms. The predicted molar refractivity (Wildman–Crippen MR) is 125 cm³/mol. The van der Waals surface area contributed by atoms with E-state index in [9.17, 15) is 44.4 Å². The van der Waals surface area contributed by atoms with Gasteiger partial charge in [0.1, 0.15) is 17.1 Å². The Bertz CT molecular complexity index is 1590. The van der Waals surface area contributed by atoms with Crippen LogP contribution in [0.3, 0.4) is 0 Å². The van der Waals surface area contributed by atoms with Gasteiger partial charge in [0.15, 0.2) is 17.0 Å². The van der Waals surface area contributed by atoms with E-state index in [1.807, 2.05) is 0 Å². The van der Waals surface area contributed by atoms with E-state index < -0.39 is 103 Å². The van der Waals surface area contributed by atoms with Crippen molar-refractivity contribution in [2.45, 2.75) is 30.7 Å². The van der Waals surface area contributed by atoms with Crippen molar-refractivity contribution in [3.05, 3.63) is 68.4 Å². The Labute approximate surface area is 213 Å². The van der Waals surface area contributed by atoms with Crippen molar-refractivity contribution >= 4 is 29.1 Å². The molecule has 196 valence electrons. The van der Waals surface area contributed by atoms with Crippen LogP contribution in [0.2, 0.25) is 0 Å². The first kappa shape index (κ1) is 25.3. The van der Waals surface area contributed by atoms with Crippen LogP contribution in [0.4, 0.5) is 0 Å². The Morgan fingerprint density at radius 3 is 2.29 bits per heavy atom. The van der Waals surface area contributed by atoms with Gasteiger partial charge in [0.2, 0.25) is 17.3 Å². The summed E-state index contributed by atoms with van der Waals surface area (Å²) in [7, 11) is 1.98. The molecule has 0 aromatic heterocycles. The van der Waals surface area contributed by atoms with Crippen molar-refractivity contribution in [2.24, 2.45) is 5.73 Å². The molecule has 0 unspecified atom stereocenters. The summed E-state index contributed by atoms with van der Waals surface area (Å²) in [5.74, 6) is -7.38. The fraction of sp³-hybridized carbons (Fsp3) is 0.269. The Morgan fingerprint density at radius 2 is 1.68 bits per heavy atom. The van der Waals surface area contributed by atoms with E-state index in [0.717, 1.165) is 26.4 Å². The van der Waals surface area contributed by atoms with Crippen LogP contribution >= 0.6 is 0 Å². The molecule has 3 aliphatic carbocycles. The van der Waals surface area contributed by atoms with Gasteiger partial charge in [-0.05, 0) is 24.1 Å². The van der Waals surface area contributed by atoms with E-state index in [-0.39, 0.29) is 11.1 Å². The molecule has 2 aromatic carbocycles. The Hall–Kier alpha value is -4.39. The number of aryl methyl sites for hydroxylation is 1. The van der Waals surface area contributed by atoms with Gasteiger partial charge in [0.25, 0.3) is 0 Å². The van der Waals surface area contributed by atoms with E-state index in [1.165, 1.54) is 13.0 Å². The molecule has 0 saturated heterocycles. The zero-order valence-electron chi connectivity index (χ0n) is 20.2. The van der Waals surface area contributed by atoms with Gasteiger partial charge >= 0.3 is 5.97 Å². The van der Waals surface area contributed by atoms with Crippen LogP contribution in [0.15, 0.2) is 23.9 Å². The minimum Gasteiger partial charge on any atom is -0.507 e. The van der Waals surface area contributed by atoms with Crippen LogP contribution < -0.4 is 5.73 Å². The largest absolute Gasteiger partial charge is 0.507 e. The Morgan fingerprint density at radius 1 is 1.03 bits per heavy atom. The lowest BCUT2D eigenvalue weighted by Gasteiger charge is -2.52. The maximum absolute atomic E-state index is 14.1. The lowest BCUT2D eigenvalue weighted by atomic mass is 9.56. The molecule has 0 spiro atoms. The first-order valence-electron chi connectivity index (χ1n) is 11.2. The summed E-state index contributed by atoms with van der Waals surface area (Å²) in [5.41, 5.74) is -4.14. The number of carbonyl (C=O) groups excluding carboxylic acids is 5. The molecule has 5 rings (SSSR count). The highest BCUT2D eigenvalue weighted by Gasteiger charge is 2.72. The van der Waals surface area contributed by atoms with Crippen LogP contribution in [-0.2, 0) is 21.5 Å². The molecule has 12 nitrogen and oxygen atoms in total. The van der Waals surface area contributed by atoms with Crippen molar-refractivity contribution < 1.29 is 53.9 Å². The van der Waals surface area contributed by atoms with Gasteiger partial charge in [-0.25, -0.2) is 4.79 Å². The second-order valence-electron chi connectivity index (χ2n) is 9.33. The second kappa shape index (κ2) is 7.81. The molecule has 2 aromatic rings. The quantitative estimate of drug-likeness (QED) is 0.329. The fourth-order valence-corrected chi connectivity index (χ4v) is 5.87. The number of phenols is 2. The summed E-state index contributed by atoms with van der Waals surface area (Å²) in [6.07, 6.45) is -1.56. The molecular weight excluding hydrogens is 502 g/mol. The zero-order valence-corrected chi connectivity index (χ0v) is 20.2. The number of ketones is 4. The molecule has 38 heavy (non-hydrogen) atoms. The smallest absolute Gasteiger partial charge is 0.341 e. The fourth-order valence-electron chi connectivity index (χ4n) is 5.87. The van der Waals surface area contributed by atoms with Gasteiger partial charge in [-0.2, -0.15) is 0 Å². The molecule has 0 heterocycles. The number of rotatable bonds is 2. The van der Waals surface area contributed by atoms with E-state index >= 15 is 0 Å². The number of phenolic OH excluding ortho intramolecular Hbond substituents is 2. The van der Waals surface area contributed by atoms with Gasteiger partial charge in [-0.15, -0.1) is 0 Å². The Balaban J connectivity index is 1.92. The van der Waals surface area contributed by atoms with Gasteiger partial charge in [-0.1, -0.05) is 6.07 Å². The number of hydrogen-bond donors (Lipinski definition) is 5. The van der Waals surface area contributed by atoms with Crippen molar-refractivity contribution in [2.75, 3.05) is 14.2 Å². The zero-order chi connectivity index (χ0) is 28.1. The lowest BCUT2D eigenvalue weighted by Crippen LogP contribution is -2.73. The molecule has 0 amide bonds. The van der Waals surface area contributed by atoms with Crippen LogP contribution in [0.1, 0.15) is 68.5 Å². The highest BCUT2D eigenvalue weighted by Crippen LogP contribution is 2.56. The second-order valence-corrected chi connectivity index (χ2v) is 9.33. The summed E-state index contributed by atoms with van der Waals surface area (Å²) in [6.45, 7) is 1.45. The number of esters is 1. The third-order valence-electron chi connectivity index (χ3n) is 7.55. The summed E-state index contributed by atoms with van der Waals surface area (Å²) < 4.78 is 10.1.